The highest BCUT2D eigenvalue weighted by Gasteiger charge is 2.21. The molecule has 24 heavy (non-hydrogen) atoms. The van der Waals surface area contributed by atoms with Gasteiger partial charge in [0.1, 0.15) is 17.8 Å². The zero-order chi connectivity index (χ0) is 16.9. The number of ether oxygens (including phenoxy) is 2. The van der Waals surface area contributed by atoms with E-state index in [-0.39, 0.29) is 18.2 Å². The zero-order valence-electron chi connectivity index (χ0n) is 12.7. The van der Waals surface area contributed by atoms with Gasteiger partial charge in [-0.2, -0.15) is 0 Å². The van der Waals surface area contributed by atoms with E-state index in [1.807, 2.05) is 0 Å². The second-order valence-corrected chi connectivity index (χ2v) is 4.80. The Morgan fingerprint density at radius 1 is 1.21 bits per heavy atom. The van der Waals surface area contributed by atoms with Crippen LogP contribution >= 0.6 is 0 Å². The first-order valence-corrected chi connectivity index (χ1v) is 6.98. The number of nitrogens with zero attached hydrogens (tertiary/aromatic N) is 2. The molecule has 1 aromatic carbocycles. The minimum Gasteiger partial charge on any atom is -0.497 e. The summed E-state index contributed by atoms with van der Waals surface area (Å²) in [4.78, 5) is 27.4. The minimum absolute atomic E-state index is 0.122. The summed E-state index contributed by atoms with van der Waals surface area (Å²) in [6, 6.07) is 8.49. The van der Waals surface area contributed by atoms with Gasteiger partial charge in [0.05, 0.1) is 13.4 Å². The monoisotopic (exact) mass is 327 g/mol. The van der Waals surface area contributed by atoms with Gasteiger partial charge in [0.25, 0.3) is 11.7 Å². The Labute approximate surface area is 136 Å². The van der Waals surface area contributed by atoms with E-state index in [2.05, 4.69) is 15.2 Å². The Balaban J connectivity index is 1.62. The highest BCUT2D eigenvalue weighted by atomic mass is 16.6. The number of H-pyrrole nitrogens is 1. The van der Waals surface area contributed by atoms with Gasteiger partial charge in [-0.05, 0) is 24.3 Å². The predicted molar refractivity (Wildman–Crippen MR) is 81.2 cm³/mol. The van der Waals surface area contributed by atoms with Crippen LogP contribution < -0.4 is 9.47 Å². The number of hydrogen-bond acceptors (Lipinski definition) is 7. The van der Waals surface area contributed by atoms with Crippen LogP contribution in [0.25, 0.3) is 0 Å². The van der Waals surface area contributed by atoms with Crippen molar-refractivity contribution in [1.29, 1.82) is 0 Å². The number of furan rings is 1. The molecule has 0 aliphatic heterocycles. The van der Waals surface area contributed by atoms with Crippen LogP contribution in [0, 0.1) is 0 Å². The number of carbonyl (C=O) groups is 2. The van der Waals surface area contributed by atoms with E-state index in [0.717, 1.165) is 0 Å². The van der Waals surface area contributed by atoms with E-state index in [1.54, 1.807) is 37.4 Å². The molecule has 0 bridgehead atoms. The standard InChI is InChI=1S/C16H13N3O5/c1-22-11-2-4-12(5-3-11)24-14-7-10(8-23-14)6-13(20)15(21)16-17-9-18-19-16/h2-5,7-9H,6H2,1H3,(H,17,18,19). The number of ketones is 2. The van der Waals surface area contributed by atoms with E-state index >= 15 is 0 Å². The van der Waals surface area contributed by atoms with Gasteiger partial charge in [0.2, 0.25) is 11.6 Å². The molecule has 8 heteroatoms. The summed E-state index contributed by atoms with van der Waals surface area (Å²) in [5, 5.41) is 5.98. The Morgan fingerprint density at radius 3 is 2.62 bits per heavy atom. The number of Topliss-reactive ketones (excluding diaryl/α,β-unsaturated/α-hetero) is 2. The third-order valence-electron chi connectivity index (χ3n) is 3.14. The summed E-state index contributed by atoms with van der Waals surface area (Å²) in [6.07, 6.45) is 2.48. The van der Waals surface area contributed by atoms with Crippen LogP contribution in [-0.2, 0) is 11.2 Å². The Morgan fingerprint density at radius 2 is 1.96 bits per heavy atom. The van der Waals surface area contributed by atoms with Crippen molar-refractivity contribution in [3.63, 3.8) is 0 Å². The number of methoxy groups -OCH3 is 1. The quantitative estimate of drug-likeness (QED) is 0.523. The molecule has 0 unspecified atom stereocenters. The van der Waals surface area contributed by atoms with Crippen LogP contribution in [-0.4, -0.2) is 33.9 Å². The molecule has 0 saturated heterocycles. The fourth-order valence-corrected chi connectivity index (χ4v) is 1.97. The van der Waals surface area contributed by atoms with Crippen LogP contribution in [0.3, 0.4) is 0 Å². The van der Waals surface area contributed by atoms with E-state index < -0.39 is 11.6 Å². The van der Waals surface area contributed by atoms with Gasteiger partial charge in [0, 0.05) is 18.1 Å². The summed E-state index contributed by atoms with van der Waals surface area (Å²) in [5.74, 6) is -0.0635. The van der Waals surface area contributed by atoms with Crippen LogP contribution in [0.5, 0.6) is 17.4 Å². The smallest absolute Gasteiger partial charge is 0.290 e. The van der Waals surface area contributed by atoms with Crippen molar-refractivity contribution < 1.29 is 23.5 Å². The average Bonchev–Trinajstić information content (AvgIpc) is 3.27. The van der Waals surface area contributed by atoms with Crippen LogP contribution in [0.15, 0.2) is 47.3 Å². The fourth-order valence-electron chi connectivity index (χ4n) is 1.97. The molecule has 0 fully saturated rings. The van der Waals surface area contributed by atoms with Gasteiger partial charge >= 0.3 is 0 Å². The van der Waals surface area contributed by atoms with Gasteiger partial charge in [0.15, 0.2) is 0 Å². The van der Waals surface area contributed by atoms with E-state index in [0.29, 0.717) is 17.1 Å². The average molecular weight is 327 g/mol. The van der Waals surface area contributed by atoms with Gasteiger partial charge in [-0.15, -0.1) is 5.10 Å². The van der Waals surface area contributed by atoms with E-state index in [1.165, 1.54) is 12.6 Å². The third-order valence-corrected chi connectivity index (χ3v) is 3.14. The lowest BCUT2D eigenvalue weighted by atomic mass is 10.1. The SMILES string of the molecule is COc1ccc(Oc2cc(CC(=O)C(=O)c3nc[nH]n3)co2)cc1. The Hall–Kier alpha value is -3.42. The van der Waals surface area contributed by atoms with Gasteiger partial charge < -0.3 is 13.9 Å². The lowest BCUT2D eigenvalue weighted by Crippen LogP contribution is -2.17. The largest absolute Gasteiger partial charge is 0.497 e. The summed E-state index contributed by atoms with van der Waals surface area (Å²) < 4.78 is 15.8. The molecule has 8 nitrogen and oxygen atoms in total. The number of carbonyl (C=O) groups excluding carboxylic acids is 2. The number of aromatic amines is 1. The van der Waals surface area contributed by atoms with Crippen molar-refractivity contribution in [2.45, 2.75) is 6.42 Å². The van der Waals surface area contributed by atoms with Crippen molar-refractivity contribution in [2.24, 2.45) is 0 Å². The molecular weight excluding hydrogens is 314 g/mol. The lowest BCUT2D eigenvalue weighted by molar-refractivity contribution is -0.114. The number of hydrogen-bond donors (Lipinski definition) is 1. The second kappa shape index (κ2) is 6.78. The maximum Gasteiger partial charge on any atom is 0.290 e. The highest BCUT2D eigenvalue weighted by molar-refractivity contribution is 6.43. The molecule has 0 amide bonds. The number of nitrogens with one attached hydrogen (secondary N) is 1. The summed E-state index contributed by atoms with van der Waals surface area (Å²) in [7, 11) is 1.57. The van der Waals surface area contributed by atoms with Gasteiger partial charge in [-0.1, -0.05) is 0 Å². The van der Waals surface area contributed by atoms with Crippen molar-refractivity contribution in [3.05, 3.63) is 54.3 Å². The summed E-state index contributed by atoms with van der Waals surface area (Å²) in [6.45, 7) is 0. The molecule has 0 radical (unpaired) electrons. The van der Waals surface area contributed by atoms with Crippen molar-refractivity contribution in [2.75, 3.05) is 7.11 Å². The van der Waals surface area contributed by atoms with Crippen LogP contribution in [0.4, 0.5) is 0 Å². The zero-order valence-corrected chi connectivity index (χ0v) is 12.7. The van der Waals surface area contributed by atoms with E-state index in [4.69, 9.17) is 13.9 Å². The molecule has 3 aromatic rings. The van der Waals surface area contributed by atoms with Crippen LogP contribution in [0.1, 0.15) is 16.2 Å². The predicted octanol–water partition coefficient (Wildman–Crippen LogP) is 2.19. The second-order valence-electron chi connectivity index (χ2n) is 4.80. The molecule has 2 heterocycles. The topological polar surface area (TPSA) is 107 Å². The molecule has 0 saturated carbocycles. The molecule has 0 aliphatic carbocycles. The molecule has 122 valence electrons. The third kappa shape index (κ3) is 3.49. The molecule has 0 spiro atoms. The molecular formula is C16H13N3O5. The molecule has 3 rings (SSSR count). The first-order chi connectivity index (χ1) is 11.7. The molecule has 1 N–H and O–H groups in total. The first-order valence-electron chi connectivity index (χ1n) is 6.98. The van der Waals surface area contributed by atoms with Crippen molar-refractivity contribution in [1.82, 2.24) is 15.2 Å². The Bertz CT molecular complexity index is 837. The minimum atomic E-state index is -0.755. The van der Waals surface area contributed by atoms with Gasteiger partial charge in [-0.3, -0.25) is 14.7 Å². The summed E-state index contributed by atoms with van der Waals surface area (Å²) in [5.41, 5.74) is 0.521. The molecule has 2 aromatic heterocycles. The molecule has 0 atom stereocenters. The lowest BCUT2D eigenvalue weighted by Gasteiger charge is -2.03. The van der Waals surface area contributed by atoms with Crippen LogP contribution in [0.2, 0.25) is 0 Å². The maximum atomic E-state index is 11.9. The van der Waals surface area contributed by atoms with E-state index in [9.17, 15) is 9.59 Å². The maximum absolute atomic E-state index is 11.9. The normalized spacial score (nSPS) is 10.4. The Kier molecular flexibility index (Phi) is 4.37. The van der Waals surface area contributed by atoms with Crippen molar-refractivity contribution in [3.8, 4) is 17.4 Å². The number of benzene rings is 1. The highest BCUT2D eigenvalue weighted by Crippen LogP contribution is 2.25. The van der Waals surface area contributed by atoms with Crippen molar-refractivity contribution >= 4 is 11.6 Å². The number of aromatic nitrogens is 3. The molecule has 0 aliphatic rings. The number of rotatable bonds is 7. The first kappa shape index (κ1) is 15.5. The fraction of sp³-hybridized carbons (Fsp3) is 0.125. The van der Waals surface area contributed by atoms with Gasteiger partial charge in [-0.25, -0.2) is 4.98 Å². The summed E-state index contributed by atoms with van der Waals surface area (Å²) >= 11 is 0.